The summed E-state index contributed by atoms with van der Waals surface area (Å²) in [7, 11) is 1.57. The van der Waals surface area contributed by atoms with E-state index in [9.17, 15) is 19.1 Å². The zero-order valence-electron chi connectivity index (χ0n) is 20.2. The lowest BCUT2D eigenvalue weighted by molar-refractivity contribution is 0.261. The van der Waals surface area contributed by atoms with Gasteiger partial charge in [-0.1, -0.05) is 25.1 Å². The van der Waals surface area contributed by atoms with Crippen LogP contribution in [0.2, 0.25) is 0 Å². The number of urea groups is 1. The Bertz CT molecular complexity index is 1480. The molecule has 188 valence electrons. The minimum absolute atomic E-state index is 0.102. The smallest absolute Gasteiger partial charge is 0.326 e. The fraction of sp³-hybridized carbons (Fsp3) is 0.292. The molecule has 0 saturated heterocycles. The van der Waals surface area contributed by atoms with Crippen LogP contribution in [0.4, 0.5) is 26.7 Å². The SMILES string of the molecule is CC(CO)Nc1ncc2cc(-c3ccc(F)c(NC(=O)Nc4cc(C(C)C)no4)c3)c(=O)n(C)c2n1. The van der Waals surface area contributed by atoms with Gasteiger partial charge >= 0.3 is 6.03 Å². The van der Waals surface area contributed by atoms with Gasteiger partial charge in [0.15, 0.2) is 0 Å². The highest BCUT2D eigenvalue weighted by atomic mass is 19.1. The van der Waals surface area contributed by atoms with Gasteiger partial charge < -0.3 is 20.3 Å². The van der Waals surface area contributed by atoms with Crippen LogP contribution >= 0.6 is 0 Å². The highest BCUT2D eigenvalue weighted by Gasteiger charge is 2.16. The molecule has 1 atom stereocenters. The average Bonchev–Trinajstić information content (AvgIpc) is 3.31. The van der Waals surface area contributed by atoms with Gasteiger partial charge in [-0.05, 0) is 36.6 Å². The monoisotopic (exact) mass is 495 g/mol. The van der Waals surface area contributed by atoms with Crippen LogP contribution in [0.15, 0.2) is 45.8 Å². The summed E-state index contributed by atoms with van der Waals surface area (Å²) in [5.74, 6) is -0.163. The van der Waals surface area contributed by atoms with E-state index in [1.165, 1.54) is 22.8 Å². The van der Waals surface area contributed by atoms with E-state index in [1.807, 2.05) is 13.8 Å². The summed E-state index contributed by atoms with van der Waals surface area (Å²) < 4.78 is 20.9. The number of hydrogen-bond acceptors (Lipinski definition) is 8. The van der Waals surface area contributed by atoms with Gasteiger partial charge in [0, 0.05) is 36.3 Å². The molecule has 0 aliphatic heterocycles. The van der Waals surface area contributed by atoms with Crippen molar-refractivity contribution in [3.8, 4) is 11.1 Å². The molecule has 0 aliphatic rings. The number of carbonyl (C=O) groups excluding carboxylic acids is 1. The first kappa shape index (κ1) is 24.8. The van der Waals surface area contributed by atoms with Crippen molar-refractivity contribution in [2.45, 2.75) is 32.7 Å². The molecular formula is C24H26FN7O4. The van der Waals surface area contributed by atoms with Gasteiger partial charge in [0.05, 0.1) is 18.0 Å². The fourth-order valence-electron chi connectivity index (χ4n) is 3.46. The number of hydrogen-bond donors (Lipinski definition) is 4. The summed E-state index contributed by atoms with van der Waals surface area (Å²) >= 11 is 0. The average molecular weight is 496 g/mol. The predicted molar refractivity (Wildman–Crippen MR) is 134 cm³/mol. The van der Waals surface area contributed by atoms with Gasteiger partial charge in [-0.15, -0.1) is 0 Å². The first-order valence-corrected chi connectivity index (χ1v) is 11.2. The Hall–Kier alpha value is -4.32. The van der Waals surface area contributed by atoms with Crippen molar-refractivity contribution in [2.24, 2.45) is 7.05 Å². The molecule has 1 aromatic carbocycles. The number of carbonyl (C=O) groups is 1. The summed E-state index contributed by atoms with van der Waals surface area (Å²) in [6.07, 6.45) is 1.55. The van der Waals surface area contributed by atoms with Crippen LogP contribution in [0.1, 0.15) is 32.4 Å². The van der Waals surface area contributed by atoms with Crippen LogP contribution in [-0.2, 0) is 7.05 Å². The van der Waals surface area contributed by atoms with Crippen LogP contribution in [0.3, 0.4) is 0 Å². The Kier molecular flexibility index (Phi) is 6.97. The molecule has 1 unspecified atom stereocenters. The van der Waals surface area contributed by atoms with Gasteiger partial charge in [0.25, 0.3) is 5.56 Å². The number of pyridine rings is 1. The number of aliphatic hydroxyl groups excluding tert-OH is 1. The second-order valence-corrected chi connectivity index (χ2v) is 8.67. The van der Waals surface area contributed by atoms with Gasteiger partial charge in [-0.3, -0.25) is 14.7 Å². The number of nitrogens with zero attached hydrogens (tertiary/aromatic N) is 4. The zero-order chi connectivity index (χ0) is 26.0. The Balaban J connectivity index is 1.62. The molecule has 0 radical (unpaired) electrons. The minimum atomic E-state index is -0.727. The summed E-state index contributed by atoms with van der Waals surface area (Å²) in [4.78, 5) is 34.1. The molecule has 0 aliphatic carbocycles. The van der Waals surface area contributed by atoms with Crippen molar-refractivity contribution in [1.29, 1.82) is 0 Å². The molecule has 2 amide bonds. The molecule has 0 saturated carbocycles. The number of aromatic nitrogens is 4. The van der Waals surface area contributed by atoms with Crippen molar-refractivity contribution in [3.05, 3.63) is 58.4 Å². The number of benzene rings is 1. The van der Waals surface area contributed by atoms with Crippen molar-refractivity contribution in [1.82, 2.24) is 19.7 Å². The third kappa shape index (κ3) is 5.18. The largest absolute Gasteiger partial charge is 0.394 e. The second kappa shape index (κ2) is 10.1. The van der Waals surface area contributed by atoms with Crippen LogP contribution in [0.5, 0.6) is 0 Å². The number of nitrogens with one attached hydrogen (secondary N) is 3. The third-order valence-corrected chi connectivity index (χ3v) is 5.48. The van der Waals surface area contributed by atoms with Crippen LogP contribution in [0, 0.1) is 5.82 Å². The highest BCUT2D eigenvalue weighted by Crippen LogP contribution is 2.26. The Morgan fingerprint density at radius 1 is 1.19 bits per heavy atom. The number of amides is 2. The lowest BCUT2D eigenvalue weighted by Gasteiger charge is -2.13. The van der Waals surface area contributed by atoms with E-state index in [0.717, 1.165) is 0 Å². The van der Waals surface area contributed by atoms with E-state index < -0.39 is 11.8 Å². The number of halogens is 1. The van der Waals surface area contributed by atoms with E-state index >= 15 is 0 Å². The van der Waals surface area contributed by atoms with Crippen LogP contribution < -0.4 is 21.5 Å². The lowest BCUT2D eigenvalue weighted by Crippen LogP contribution is -2.23. The molecule has 11 nitrogen and oxygen atoms in total. The number of fused-ring (bicyclic) bond motifs is 1. The van der Waals surface area contributed by atoms with Crippen molar-refractivity contribution >= 4 is 34.6 Å². The standard InChI is InChI=1S/C24H26FN7O4/c1-12(2)18-9-20(36-31-18)29-24(35)28-19-8-14(5-6-17(19)25)16-7-15-10-26-23(27-13(3)11-33)30-21(15)32(4)22(16)34/h5-10,12-13,33H,11H2,1-4H3,(H,26,27,30)(H2,28,29,35). The Labute approximate surface area is 205 Å². The normalized spacial score (nSPS) is 12.1. The molecule has 4 aromatic rings. The molecule has 4 rings (SSSR count). The first-order valence-electron chi connectivity index (χ1n) is 11.2. The molecular weight excluding hydrogens is 469 g/mol. The highest BCUT2D eigenvalue weighted by molar-refractivity contribution is 5.99. The molecule has 3 aromatic heterocycles. The molecule has 4 N–H and O–H groups in total. The van der Waals surface area contributed by atoms with E-state index in [2.05, 4.69) is 31.1 Å². The van der Waals surface area contributed by atoms with Gasteiger partial charge in [-0.25, -0.2) is 14.2 Å². The Morgan fingerprint density at radius 3 is 2.67 bits per heavy atom. The van der Waals surface area contributed by atoms with Crippen LogP contribution in [-0.4, -0.2) is 43.5 Å². The molecule has 12 heteroatoms. The summed E-state index contributed by atoms with van der Waals surface area (Å²) in [6.45, 7) is 5.53. The topological polar surface area (TPSA) is 147 Å². The van der Waals surface area contributed by atoms with Gasteiger partial charge in [-0.2, -0.15) is 4.98 Å². The summed E-state index contributed by atoms with van der Waals surface area (Å²) in [5.41, 5.74) is 1.24. The van der Waals surface area contributed by atoms with E-state index in [4.69, 9.17) is 4.52 Å². The molecule has 0 bridgehead atoms. The number of anilines is 3. The quantitative estimate of drug-likeness (QED) is 0.304. The number of aryl methyl sites for hydroxylation is 1. The van der Waals surface area contributed by atoms with Crippen molar-refractivity contribution < 1.29 is 18.8 Å². The van der Waals surface area contributed by atoms with Gasteiger partial charge in [0.2, 0.25) is 11.8 Å². The number of aliphatic hydroxyl groups is 1. The van der Waals surface area contributed by atoms with E-state index in [-0.39, 0.29) is 47.2 Å². The fourth-order valence-corrected chi connectivity index (χ4v) is 3.46. The maximum Gasteiger partial charge on any atom is 0.326 e. The second-order valence-electron chi connectivity index (χ2n) is 8.67. The van der Waals surface area contributed by atoms with E-state index in [0.29, 0.717) is 22.3 Å². The van der Waals surface area contributed by atoms with Gasteiger partial charge in [0.1, 0.15) is 11.5 Å². The molecule has 0 spiro atoms. The molecule has 3 heterocycles. The summed E-state index contributed by atoms with van der Waals surface area (Å²) in [5, 5.41) is 21.5. The number of rotatable bonds is 7. The predicted octanol–water partition coefficient (Wildman–Crippen LogP) is 3.68. The first-order chi connectivity index (χ1) is 17.2. The van der Waals surface area contributed by atoms with Crippen molar-refractivity contribution in [3.63, 3.8) is 0 Å². The zero-order valence-corrected chi connectivity index (χ0v) is 20.2. The lowest BCUT2D eigenvalue weighted by atomic mass is 10.1. The summed E-state index contributed by atoms with van der Waals surface area (Å²) in [6, 6.07) is 6.19. The van der Waals surface area contributed by atoms with Crippen LogP contribution in [0.25, 0.3) is 22.2 Å². The molecule has 36 heavy (non-hydrogen) atoms. The minimum Gasteiger partial charge on any atom is -0.394 e. The van der Waals surface area contributed by atoms with E-state index in [1.54, 1.807) is 32.3 Å². The maximum absolute atomic E-state index is 14.5. The van der Waals surface area contributed by atoms with Crippen molar-refractivity contribution in [2.75, 3.05) is 22.6 Å². The maximum atomic E-state index is 14.5. The molecule has 0 fully saturated rings. The Morgan fingerprint density at radius 2 is 1.97 bits per heavy atom. The third-order valence-electron chi connectivity index (χ3n) is 5.48.